The van der Waals surface area contributed by atoms with Crippen LogP contribution in [0.3, 0.4) is 0 Å². The van der Waals surface area contributed by atoms with Crippen LogP contribution in [0.1, 0.15) is 45.4 Å². The quantitative estimate of drug-likeness (QED) is 0.534. The fourth-order valence-corrected chi connectivity index (χ4v) is 1.48. The van der Waals surface area contributed by atoms with E-state index in [0.717, 1.165) is 11.6 Å². The second-order valence-corrected chi connectivity index (χ2v) is 4.98. The van der Waals surface area contributed by atoms with E-state index in [9.17, 15) is 0 Å². The van der Waals surface area contributed by atoms with Crippen LogP contribution >= 0.6 is 0 Å². The van der Waals surface area contributed by atoms with Gasteiger partial charge in [-0.05, 0) is 19.8 Å². The highest BCUT2D eigenvalue weighted by atomic mass is 15.3. The van der Waals surface area contributed by atoms with Crippen LogP contribution in [0.4, 0.5) is 11.6 Å². The van der Waals surface area contributed by atoms with Gasteiger partial charge in [0.15, 0.2) is 0 Å². The minimum absolute atomic E-state index is 0.217. The third kappa shape index (κ3) is 2.41. The normalized spacial score (nSPS) is 17.3. The third-order valence-corrected chi connectivity index (χ3v) is 2.84. The molecule has 4 N–H and O–H groups in total. The van der Waals surface area contributed by atoms with E-state index in [1.165, 1.54) is 12.8 Å². The lowest BCUT2D eigenvalue weighted by atomic mass is 10.2. The molecule has 0 amide bonds. The SMILES string of the molecule is CC(C)c1nc(NN)cc(NC2(C)CC2)n1. The van der Waals surface area contributed by atoms with E-state index in [0.29, 0.717) is 11.7 Å². The summed E-state index contributed by atoms with van der Waals surface area (Å²) in [6.07, 6.45) is 2.39. The van der Waals surface area contributed by atoms with E-state index in [1.807, 2.05) is 6.07 Å². The van der Waals surface area contributed by atoms with Crippen molar-refractivity contribution in [2.75, 3.05) is 10.7 Å². The topological polar surface area (TPSA) is 75.9 Å². The Morgan fingerprint density at radius 1 is 1.31 bits per heavy atom. The molecule has 0 unspecified atom stereocenters. The average molecular weight is 221 g/mol. The number of hydrogen-bond acceptors (Lipinski definition) is 5. The Bertz CT molecular complexity index is 384. The Labute approximate surface area is 95.8 Å². The molecule has 1 heterocycles. The summed E-state index contributed by atoms with van der Waals surface area (Å²) >= 11 is 0. The van der Waals surface area contributed by atoms with Crippen LogP contribution in [0.15, 0.2) is 6.07 Å². The fourth-order valence-electron chi connectivity index (χ4n) is 1.48. The number of hydrogen-bond donors (Lipinski definition) is 3. The first-order valence-corrected chi connectivity index (χ1v) is 5.66. The number of rotatable bonds is 4. The van der Waals surface area contributed by atoms with Crippen molar-refractivity contribution in [3.05, 3.63) is 11.9 Å². The van der Waals surface area contributed by atoms with Gasteiger partial charge in [0, 0.05) is 17.5 Å². The lowest BCUT2D eigenvalue weighted by Crippen LogP contribution is -2.19. The molecule has 88 valence electrons. The number of aromatic nitrogens is 2. The number of nitrogens with two attached hydrogens (primary N) is 1. The second-order valence-electron chi connectivity index (χ2n) is 4.98. The molecule has 0 saturated heterocycles. The van der Waals surface area contributed by atoms with E-state index < -0.39 is 0 Å². The first-order chi connectivity index (χ1) is 7.52. The number of nitrogens with one attached hydrogen (secondary N) is 2. The van der Waals surface area contributed by atoms with Crippen LogP contribution in [-0.4, -0.2) is 15.5 Å². The maximum atomic E-state index is 5.40. The standard InChI is InChI=1S/C11H19N5/c1-7(2)10-13-8(6-9(14-10)16-12)15-11(3)4-5-11/h6-7H,4-5,12H2,1-3H3,(H2,13,14,15,16). The Morgan fingerprint density at radius 3 is 2.44 bits per heavy atom. The highest BCUT2D eigenvalue weighted by Gasteiger charge is 2.37. The largest absolute Gasteiger partial charge is 0.365 e. The van der Waals surface area contributed by atoms with Gasteiger partial charge in [-0.3, -0.25) is 0 Å². The van der Waals surface area contributed by atoms with Crippen LogP contribution in [0.5, 0.6) is 0 Å². The van der Waals surface area contributed by atoms with Crippen molar-refractivity contribution in [1.82, 2.24) is 9.97 Å². The summed E-state index contributed by atoms with van der Waals surface area (Å²) in [5, 5.41) is 3.42. The van der Waals surface area contributed by atoms with Crippen molar-refractivity contribution in [1.29, 1.82) is 0 Å². The molecular formula is C11H19N5. The predicted molar refractivity (Wildman–Crippen MR) is 65.2 cm³/mol. The molecular weight excluding hydrogens is 202 g/mol. The van der Waals surface area contributed by atoms with Gasteiger partial charge in [0.25, 0.3) is 0 Å². The smallest absolute Gasteiger partial charge is 0.145 e. The fraction of sp³-hybridized carbons (Fsp3) is 0.636. The van der Waals surface area contributed by atoms with E-state index in [4.69, 9.17) is 5.84 Å². The molecule has 0 bridgehead atoms. The molecule has 0 spiro atoms. The van der Waals surface area contributed by atoms with E-state index in [-0.39, 0.29) is 5.54 Å². The lowest BCUT2D eigenvalue weighted by molar-refractivity contribution is 0.762. The number of anilines is 2. The molecule has 0 aromatic carbocycles. The zero-order valence-corrected chi connectivity index (χ0v) is 10.0. The molecule has 0 atom stereocenters. The minimum atomic E-state index is 0.217. The minimum Gasteiger partial charge on any atom is -0.365 e. The first-order valence-electron chi connectivity index (χ1n) is 5.66. The van der Waals surface area contributed by atoms with Crippen LogP contribution in [0.2, 0.25) is 0 Å². The molecule has 0 aliphatic heterocycles. The monoisotopic (exact) mass is 221 g/mol. The zero-order chi connectivity index (χ0) is 11.8. The maximum Gasteiger partial charge on any atom is 0.145 e. The molecule has 16 heavy (non-hydrogen) atoms. The van der Waals surface area contributed by atoms with Gasteiger partial charge >= 0.3 is 0 Å². The van der Waals surface area contributed by atoms with Crippen molar-refractivity contribution >= 4 is 11.6 Å². The molecule has 5 heteroatoms. The summed E-state index contributed by atoms with van der Waals surface area (Å²) in [6, 6.07) is 1.84. The summed E-state index contributed by atoms with van der Waals surface area (Å²) in [7, 11) is 0. The number of hydrazine groups is 1. The molecule has 2 rings (SSSR count). The van der Waals surface area contributed by atoms with Gasteiger partial charge in [0.2, 0.25) is 0 Å². The van der Waals surface area contributed by atoms with Crippen molar-refractivity contribution < 1.29 is 0 Å². The second kappa shape index (κ2) is 3.90. The van der Waals surface area contributed by atoms with Crippen LogP contribution < -0.4 is 16.6 Å². The predicted octanol–water partition coefficient (Wildman–Crippen LogP) is 1.85. The van der Waals surface area contributed by atoms with E-state index >= 15 is 0 Å². The number of nitrogens with zero attached hydrogens (tertiary/aromatic N) is 2. The van der Waals surface area contributed by atoms with Crippen LogP contribution in [-0.2, 0) is 0 Å². The van der Waals surface area contributed by atoms with Gasteiger partial charge < -0.3 is 10.7 Å². The van der Waals surface area contributed by atoms with Crippen molar-refractivity contribution in [2.24, 2.45) is 5.84 Å². The van der Waals surface area contributed by atoms with Gasteiger partial charge in [0.1, 0.15) is 17.5 Å². The summed E-state index contributed by atoms with van der Waals surface area (Å²) in [4.78, 5) is 8.80. The molecule has 1 aromatic heterocycles. The van der Waals surface area contributed by atoms with Crippen molar-refractivity contribution in [3.63, 3.8) is 0 Å². The molecule has 1 saturated carbocycles. The highest BCUT2D eigenvalue weighted by Crippen LogP contribution is 2.38. The van der Waals surface area contributed by atoms with Gasteiger partial charge in [0.05, 0.1) is 0 Å². The van der Waals surface area contributed by atoms with Crippen LogP contribution in [0, 0.1) is 0 Å². The number of nitrogen functional groups attached to an aromatic ring is 1. The highest BCUT2D eigenvalue weighted by molar-refractivity contribution is 5.49. The summed E-state index contributed by atoms with van der Waals surface area (Å²) in [6.45, 7) is 6.33. The molecule has 1 aliphatic carbocycles. The Kier molecular flexibility index (Phi) is 2.71. The third-order valence-electron chi connectivity index (χ3n) is 2.84. The molecule has 5 nitrogen and oxygen atoms in total. The molecule has 1 fully saturated rings. The van der Waals surface area contributed by atoms with Gasteiger partial charge in [-0.1, -0.05) is 13.8 Å². The Morgan fingerprint density at radius 2 is 1.94 bits per heavy atom. The van der Waals surface area contributed by atoms with E-state index in [1.54, 1.807) is 0 Å². The summed E-state index contributed by atoms with van der Waals surface area (Å²) in [5.74, 6) is 8.01. The Balaban J connectivity index is 2.25. The lowest BCUT2D eigenvalue weighted by Gasteiger charge is -2.15. The van der Waals surface area contributed by atoms with Gasteiger partial charge in [-0.25, -0.2) is 15.8 Å². The van der Waals surface area contributed by atoms with Crippen molar-refractivity contribution in [3.8, 4) is 0 Å². The zero-order valence-electron chi connectivity index (χ0n) is 10.0. The Hall–Kier alpha value is -1.36. The van der Waals surface area contributed by atoms with Crippen molar-refractivity contribution in [2.45, 2.75) is 45.1 Å². The summed E-state index contributed by atoms with van der Waals surface area (Å²) < 4.78 is 0. The molecule has 1 aromatic rings. The van der Waals surface area contributed by atoms with Crippen LogP contribution in [0.25, 0.3) is 0 Å². The molecule has 0 radical (unpaired) electrons. The first kappa shape index (κ1) is 11.1. The average Bonchev–Trinajstić information content (AvgIpc) is 2.95. The maximum absolute atomic E-state index is 5.40. The van der Waals surface area contributed by atoms with Gasteiger partial charge in [-0.15, -0.1) is 0 Å². The molecule has 1 aliphatic rings. The van der Waals surface area contributed by atoms with E-state index in [2.05, 4.69) is 41.5 Å². The van der Waals surface area contributed by atoms with Gasteiger partial charge in [-0.2, -0.15) is 0 Å². The summed E-state index contributed by atoms with van der Waals surface area (Å²) in [5.41, 5.74) is 2.79.